The van der Waals surface area contributed by atoms with Gasteiger partial charge >= 0.3 is 0 Å². The number of hydrogen-bond acceptors (Lipinski definition) is 4. The first-order valence-corrected chi connectivity index (χ1v) is 9.12. The van der Waals surface area contributed by atoms with Crippen LogP contribution < -0.4 is 10.6 Å². The normalized spacial score (nSPS) is 18.6. The van der Waals surface area contributed by atoms with Crippen LogP contribution in [0.3, 0.4) is 0 Å². The minimum Gasteiger partial charge on any atom is -0.356 e. The lowest BCUT2D eigenvalue weighted by molar-refractivity contribution is -0.124. The monoisotopic (exact) mass is 310 g/mol. The summed E-state index contributed by atoms with van der Waals surface area (Å²) < 4.78 is 24.0. The van der Waals surface area contributed by atoms with E-state index in [1.165, 1.54) is 0 Å². The van der Waals surface area contributed by atoms with Crippen LogP contribution in [-0.4, -0.2) is 39.7 Å². The molecule has 116 valence electrons. The topological polar surface area (TPSA) is 75.3 Å². The molecule has 1 fully saturated rings. The standard InChI is InChI=1S/C15H22N2O3S/c18-15(14-7-9-16-11-14)17-8-4-10-21(19,20)12-13-5-2-1-3-6-13/h1-3,5-6,14,16H,4,7-12H2,(H,17,18). The molecule has 1 amide bonds. The summed E-state index contributed by atoms with van der Waals surface area (Å²) in [7, 11) is -3.12. The molecule has 21 heavy (non-hydrogen) atoms. The van der Waals surface area contributed by atoms with Gasteiger partial charge in [-0.2, -0.15) is 0 Å². The molecule has 1 heterocycles. The second-order valence-electron chi connectivity index (χ2n) is 5.41. The van der Waals surface area contributed by atoms with Gasteiger partial charge in [0.05, 0.1) is 17.4 Å². The average Bonchev–Trinajstić information content (AvgIpc) is 2.98. The molecule has 1 atom stereocenters. The number of carbonyl (C=O) groups excluding carboxylic acids is 1. The number of sulfone groups is 1. The molecule has 0 bridgehead atoms. The van der Waals surface area contributed by atoms with Crippen molar-refractivity contribution in [1.82, 2.24) is 10.6 Å². The van der Waals surface area contributed by atoms with Crippen molar-refractivity contribution in [3.63, 3.8) is 0 Å². The second-order valence-corrected chi connectivity index (χ2v) is 7.60. The molecule has 1 aliphatic heterocycles. The highest BCUT2D eigenvalue weighted by Gasteiger charge is 2.21. The molecule has 2 rings (SSSR count). The van der Waals surface area contributed by atoms with Gasteiger partial charge in [-0.15, -0.1) is 0 Å². The van der Waals surface area contributed by atoms with E-state index in [0.717, 1.165) is 25.1 Å². The zero-order valence-electron chi connectivity index (χ0n) is 12.0. The average molecular weight is 310 g/mol. The first kappa shape index (κ1) is 16.0. The summed E-state index contributed by atoms with van der Waals surface area (Å²) in [6, 6.07) is 9.16. The fourth-order valence-corrected chi connectivity index (χ4v) is 3.86. The zero-order chi connectivity index (χ0) is 15.1. The molecule has 0 spiro atoms. The van der Waals surface area contributed by atoms with Gasteiger partial charge in [-0.25, -0.2) is 8.42 Å². The predicted octanol–water partition coefficient (Wildman–Crippen LogP) is 0.717. The summed E-state index contributed by atoms with van der Waals surface area (Å²) in [5.74, 6) is 0.228. The molecule has 1 unspecified atom stereocenters. The Morgan fingerprint density at radius 3 is 2.71 bits per heavy atom. The van der Waals surface area contributed by atoms with Gasteiger partial charge in [-0.3, -0.25) is 4.79 Å². The lowest BCUT2D eigenvalue weighted by Gasteiger charge is -2.10. The maximum atomic E-state index is 12.0. The van der Waals surface area contributed by atoms with Crippen molar-refractivity contribution in [1.29, 1.82) is 0 Å². The van der Waals surface area contributed by atoms with Crippen molar-refractivity contribution in [2.24, 2.45) is 5.92 Å². The Morgan fingerprint density at radius 2 is 2.05 bits per heavy atom. The molecule has 0 saturated carbocycles. The maximum Gasteiger partial charge on any atom is 0.224 e. The van der Waals surface area contributed by atoms with Gasteiger partial charge in [0.25, 0.3) is 0 Å². The van der Waals surface area contributed by atoms with E-state index in [2.05, 4.69) is 10.6 Å². The van der Waals surface area contributed by atoms with Crippen molar-refractivity contribution in [3.05, 3.63) is 35.9 Å². The first-order valence-electron chi connectivity index (χ1n) is 7.29. The van der Waals surface area contributed by atoms with Gasteiger partial charge in [0.15, 0.2) is 9.84 Å². The minimum absolute atomic E-state index is 0.0282. The third-order valence-corrected chi connectivity index (χ3v) is 5.28. The molecule has 5 nitrogen and oxygen atoms in total. The van der Waals surface area contributed by atoms with Crippen LogP contribution in [0.4, 0.5) is 0 Å². The van der Waals surface area contributed by atoms with Gasteiger partial charge in [-0.05, 0) is 24.9 Å². The van der Waals surface area contributed by atoms with Crippen LogP contribution in [-0.2, 0) is 20.4 Å². The highest BCUT2D eigenvalue weighted by molar-refractivity contribution is 7.90. The molecule has 0 aliphatic carbocycles. The molecular formula is C15H22N2O3S. The van der Waals surface area contributed by atoms with Crippen molar-refractivity contribution < 1.29 is 13.2 Å². The van der Waals surface area contributed by atoms with E-state index in [-0.39, 0.29) is 23.3 Å². The van der Waals surface area contributed by atoms with Crippen LogP contribution in [0.25, 0.3) is 0 Å². The third-order valence-electron chi connectivity index (χ3n) is 3.59. The van der Waals surface area contributed by atoms with E-state index in [0.29, 0.717) is 13.0 Å². The van der Waals surface area contributed by atoms with Crippen molar-refractivity contribution in [3.8, 4) is 0 Å². The van der Waals surface area contributed by atoms with Crippen LogP contribution in [0.1, 0.15) is 18.4 Å². The van der Waals surface area contributed by atoms with E-state index in [9.17, 15) is 13.2 Å². The van der Waals surface area contributed by atoms with Crippen LogP contribution in [0.5, 0.6) is 0 Å². The highest BCUT2D eigenvalue weighted by Crippen LogP contribution is 2.08. The fourth-order valence-electron chi connectivity index (χ4n) is 2.43. The van der Waals surface area contributed by atoms with Crippen LogP contribution in [0.2, 0.25) is 0 Å². The maximum absolute atomic E-state index is 12.0. The lowest BCUT2D eigenvalue weighted by atomic mass is 10.1. The van der Waals surface area contributed by atoms with Crippen molar-refractivity contribution in [2.45, 2.75) is 18.6 Å². The number of benzene rings is 1. The van der Waals surface area contributed by atoms with Gasteiger partial charge in [-0.1, -0.05) is 30.3 Å². The third kappa shape index (κ3) is 5.47. The van der Waals surface area contributed by atoms with E-state index < -0.39 is 9.84 Å². The predicted molar refractivity (Wildman–Crippen MR) is 82.5 cm³/mol. The summed E-state index contributed by atoms with van der Waals surface area (Å²) in [4.78, 5) is 11.8. The summed E-state index contributed by atoms with van der Waals surface area (Å²) in [5.41, 5.74) is 0.804. The quantitative estimate of drug-likeness (QED) is 0.728. The lowest BCUT2D eigenvalue weighted by Crippen LogP contribution is -2.33. The van der Waals surface area contributed by atoms with E-state index in [4.69, 9.17) is 0 Å². The smallest absolute Gasteiger partial charge is 0.224 e. The fraction of sp³-hybridized carbons (Fsp3) is 0.533. The second kappa shape index (κ2) is 7.56. The van der Waals surface area contributed by atoms with E-state index in [1.54, 1.807) is 0 Å². The van der Waals surface area contributed by atoms with E-state index in [1.807, 2.05) is 30.3 Å². The van der Waals surface area contributed by atoms with Gasteiger partial charge < -0.3 is 10.6 Å². The molecule has 1 aromatic rings. The summed E-state index contributed by atoms with van der Waals surface area (Å²) >= 11 is 0. The summed E-state index contributed by atoms with van der Waals surface area (Å²) in [6.07, 6.45) is 1.32. The van der Waals surface area contributed by atoms with Crippen molar-refractivity contribution in [2.75, 3.05) is 25.4 Å². The highest BCUT2D eigenvalue weighted by atomic mass is 32.2. The van der Waals surface area contributed by atoms with Gasteiger partial charge in [0.1, 0.15) is 0 Å². The number of amides is 1. The molecule has 1 aromatic carbocycles. The molecule has 2 N–H and O–H groups in total. The summed E-state index contributed by atoms with van der Waals surface area (Å²) in [5, 5.41) is 5.96. The first-order chi connectivity index (χ1) is 10.1. The van der Waals surface area contributed by atoms with Gasteiger partial charge in [0.2, 0.25) is 5.91 Å². The Bertz CT molecular complexity index is 552. The number of rotatable bonds is 7. The van der Waals surface area contributed by atoms with Gasteiger partial charge in [0, 0.05) is 13.1 Å². The van der Waals surface area contributed by atoms with Crippen LogP contribution >= 0.6 is 0 Å². The molecule has 6 heteroatoms. The number of nitrogens with one attached hydrogen (secondary N) is 2. The van der Waals surface area contributed by atoms with Crippen LogP contribution in [0, 0.1) is 5.92 Å². The molecule has 1 aliphatic rings. The largest absolute Gasteiger partial charge is 0.356 e. The summed E-state index contributed by atoms with van der Waals surface area (Å²) in [6.45, 7) is 2.02. The Labute approximate surface area is 126 Å². The Balaban J connectivity index is 1.68. The number of hydrogen-bond donors (Lipinski definition) is 2. The number of carbonyl (C=O) groups is 1. The molecular weight excluding hydrogens is 288 g/mol. The van der Waals surface area contributed by atoms with Crippen molar-refractivity contribution >= 4 is 15.7 Å². The zero-order valence-corrected chi connectivity index (χ0v) is 12.9. The molecule has 0 aromatic heterocycles. The molecule has 0 radical (unpaired) electrons. The molecule has 1 saturated heterocycles. The SMILES string of the molecule is O=C(NCCCS(=O)(=O)Cc1ccccc1)C1CCNC1. The Kier molecular flexibility index (Phi) is 5.76. The minimum atomic E-state index is -3.12. The van der Waals surface area contributed by atoms with Crippen LogP contribution in [0.15, 0.2) is 30.3 Å². The van der Waals surface area contributed by atoms with E-state index >= 15 is 0 Å². The Hall–Kier alpha value is -1.40. The Morgan fingerprint density at radius 1 is 1.29 bits per heavy atom.